The van der Waals surface area contributed by atoms with Crippen LogP contribution >= 0.6 is 0 Å². The summed E-state index contributed by atoms with van der Waals surface area (Å²) in [5.41, 5.74) is 1.42. The Labute approximate surface area is 112 Å². The summed E-state index contributed by atoms with van der Waals surface area (Å²) in [7, 11) is 1.78. The molecule has 1 rings (SSSR count). The second kappa shape index (κ2) is 8.28. The van der Waals surface area contributed by atoms with Gasteiger partial charge in [0.1, 0.15) is 0 Å². The highest BCUT2D eigenvalue weighted by atomic mass is 16.5. The van der Waals surface area contributed by atoms with Crippen molar-refractivity contribution in [1.29, 1.82) is 0 Å². The van der Waals surface area contributed by atoms with Crippen molar-refractivity contribution in [1.82, 2.24) is 5.32 Å². The fourth-order valence-electron chi connectivity index (χ4n) is 2.28. The van der Waals surface area contributed by atoms with E-state index in [2.05, 4.69) is 56.4 Å². The molecule has 2 atom stereocenters. The molecule has 1 aromatic carbocycles. The molecule has 1 aromatic rings. The van der Waals surface area contributed by atoms with Crippen LogP contribution in [0.4, 0.5) is 0 Å². The van der Waals surface area contributed by atoms with Gasteiger partial charge in [0.15, 0.2) is 0 Å². The molecule has 2 heteroatoms. The first kappa shape index (κ1) is 15.2. The predicted octanol–water partition coefficient (Wildman–Crippen LogP) is 3.44. The van der Waals surface area contributed by atoms with Crippen LogP contribution in [0, 0.1) is 5.92 Å². The van der Waals surface area contributed by atoms with Gasteiger partial charge in [0.25, 0.3) is 0 Å². The van der Waals surface area contributed by atoms with Crippen molar-refractivity contribution in [3.63, 3.8) is 0 Å². The molecule has 0 saturated carbocycles. The monoisotopic (exact) mass is 249 g/mol. The van der Waals surface area contributed by atoms with E-state index in [1.54, 1.807) is 7.11 Å². The number of benzene rings is 1. The first-order chi connectivity index (χ1) is 8.63. The van der Waals surface area contributed by atoms with E-state index in [9.17, 15) is 0 Å². The quantitative estimate of drug-likeness (QED) is 0.762. The molecule has 0 spiro atoms. The van der Waals surface area contributed by atoms with E-state index in [0.29, 0.717) is 17.9 Å². The highest BCUT2D eigenvalue weighted by Crippen LogP contribution is 2.23. The van der Waals surface area contributed by atoms with Gasteiger partial charge < -0.3 is 10.1 Å². The van der Waals surface area contributed by atoms with Crippen molar-refractivity contribution >= 4 is 0 Å². The second-order valence-corrected chi connectivity index (χ2v) is 5.47. The van der Waals surface area contributed by atoms with E-state index in [1.807, 2.05) is 0 Å². The fourth-order valence-corrected chi connectivity index (χ4v) is 2.28. The van der Waals surface area contributed by atoms with E-state index >= 15 is 0 Å². The lowest BCUT2D eigenvalue weighted by atomic mass is 9.89. The number of hydrogen-bond donors (Lipinski definition) is 1. The number of methoxy groups -OCH3 is 1. The van der Waals surface area contributed by atoms with Gasteiger partial charge in [-0.25, -0.2) is 0 Å². The Kier molecular flexibility index (Phi) is 6.99. The average molecular weight is 249 g/mol. The molecule has 0 saturated heterocycles. The topological polar surface area (TPSA) is 21.3 Å². The van der Waals surface area contributed by atoms with Gasteiger partial charge in [-0.15, -0.1) is 0 Å². The molecular formula is C16H27NO. The lowest BCUT2D eigenvalue weighted by molar-refractivity contribution is 0.151. The average Bonchev–Trinajstić information content (AvgIpc) is 2.35. The highest BCUT2D eigenvalue weighted by molar-refractivity contribution is 5.20. The molecule has 102 valence electrons. The van der Waals surface area contributed by atoms with Crippen LogP contribution in [0.25, 0.3) is 0 Å². The maximum atomic E-state index is 5.25. The van der Waals surface area contributed by atoms with E-state index in [-0.39, 0.29) is 0 Å². The molecule has 0 radical (unpaired) electrons. The summed E-state index contributed by atoms with van der Waals surface area (Å²) in [5.74, 6) is 1.16. The van der Waals surface area contributed by atoms with Gasteiger partial charge in [0, 0.05) is 26.3 Å². The summed E-state index contributed by atoms with van der Waals surface area (Å²) in [5, 5.41) is 3.55. The van der Waals surface area contributed by atoms with E-state index < -0.39 is 0 Å². The van der Waals surface area contributed by atoms with Gasteiger partial charge in [-0.2, -0.15) is 0 Å². The van der Waals surface area contributed by atoms with Gasteiger partial charge in [-0.3, -0.25) is 0 Å². The largest absolute Gasteiger partial charge is 0.384 e. The molecule has 1 N–H and O–H groups in total. The molecule has 0 amide bonds. The van der Waals surface area contributed by atoms with Crippen molar-refractivity contribution in [2.45, 2.75) is 39.2 Å². The van der Waals surface area contributed by atoms with Crippen molar-refractivity contribution < 1.29 is 4.74 Å². The minimum absolute atomic E-state index is 0.536. The summed E-state index contributed by atoms with van der Waals surface area (Å²) < 4.78 is 5.25. The Morgan fingerprint density at radius 1 is 1.11 bits per heavy atom. The first-order valence-electron chi connectivity index (χ1n) is 6.90. The lowest BCUT2D eigenvalue weighted by Crippen LogP contribution is -2.29. The zero-order chi connectivity index (χ0) is 13.4. The molecule has 0 aromatic heterocycles. The summed E-state index contributed by atoms with van der Waals surface area (Å²) in [6.45, 7) is 8.52. The van der Waals surface area contributed by atoms with Crippen molar-refractivity contribution in [3.05, 3.63) is 35.9 Å². The van der Waals surface area contributed by atoms with Crippen LogP contribution in [0.15, 0.2) is 30.3 Å². The van der Waals surface area contributed by atoms with Gasteiger partial charge in [0.2, 0.25) is 0 Å². The van der Waals surface area contributed by atoms with Crippen LogP contribution in [-0.2, 0) is 4.74 Å². The van der Waals surface area contributed by atoms with Crippen LogP contribution in [0.3, 0.4) is 0 Å². The van der Waals surface area contributed by atoms with Crippen LogP contribution in [0.5, 0.6) is 0 Å². The van der Waals surface area contributed by atoms with Crippen molar-refractivity contribution in [3.8, 4) is 0 Å². The summed E-state index contributed by atoms with van der Waals surface area (Å²) >= 11 is 0. The molecule has 0 heterocycles. The van der Waals surface area contributed by atoms with E-state index in [0.717, 1.165) is 19.6 Å². The Morgan fingerprint density at radius 2 is 1.78 bits per heavy atom. The standard InChI is InChI=1S/C16H27NO/c1-13(2)17-11-16(10-14(3)12-18-4)15-8-6-5-7-9-15/h5-9,13-14,16-17H,10-12H2,1-4H3. The Morgan fingerprint density at radius 3 is 2.33 bits per heavy atom. The summed E-state index contributed by atoms with van der Waals surface area (Å²) in [6, 6.07) is 11.3. The molecule has 18 heavy (non-hydrogen) atoms. The van der Waals surface area contributed by atoms with E-state index in [1.165, 1.54) is 5.56 Å². The van der Waals surface area contributed by atoms with Crippen molar-refractivity contribution in [2.24, 2.45) is 5.92 Å². The number of ether oxygens (including phenoxy) is 1. The fraction of sp³-hybridized carbons (Fsp3) is 0.625. The smallest absolute Gasteiger partial charge is 0.0488 e. The third-order valence-electron chi connectivity index (χ3n) is 3.18. The Hall–Kier alpha value is -0.860. The highest BCUT2D eigenvalue weighted by Gasteiger charge is 2.15. The van der Waals surface area contributed by atoms with Crippen LogP contribution in [-0.4, -0.2) is 26.3 Å². The van der Waals surface area contributed by atoms with Gasteiger partial charge >= 0.3 is 0 Å². The van der Waals surface area contributed by atoms with Gasteiger partial charge in [0.05, 0.1) is 0 Å². The summed E-state index contributed by atoms with van der Waals surface area (Å²) in [4.78, 5) is 0. The van der Waals surface area contributed by atoms with E-state index in [4.69, 9.17) is 4.74 Å². The molecule has 0 aliphatic heterocycles. The molecular weight excluding hydrogens is 222 g/mol. The zero-order valence-corrected chi connectivity index (χ0v) is 12.1. The van der Waals surface area contributed by atoms with Gasteiger partial charge in [-0.1, -0.05) is 51.1 Å². The van der Waals surface area contributed by atoms with Crippen LogP contribution in [0.1, 0.15) is 38.7 Å². The predicted molar refractivity (Wildman–Crippen MR) is 78.0 cm³/mol. The summed E-state index contributed by atoms with van der Waals surface area (Å²) in [6.07, 6.45) is 1.16. The SMILES string of the molecule is COCC(C)CC(CNC(C)C)c1ccccc1. The normalized spacial score (nSPS) is 14.7. The van der Waals surface area contributed by atoms with Gasteiger partial charge in [-0.05, 0) is 23.8 Å². The van der Waals surface area contributed by atoms with Crippen LogP contribution in [0.2, 0.25) is 0 Å². The van der Waals surface area contributed by atoms with Crippen LogP contribution < -0.4 is 5.32 Å². The molecule has 0 fully saturated rings. The zero-order valence-electron chi connectivity index (χ0n) is 12.1. The third kappa shape index (κ3) is 5.65. The molecule has 2 unspecified atom stereocenters. The second-order valence-electron chi connectivity index (χ2n) is 5.47. The molecule has 2 nitrogen and oxygen atoms in total. The number of rotatable bonds is 8. The minimum Gasteiger partial charge on any atom is -0.384 e. The number of hydrogen-bond acceptors (Lipinski definition) is 2. The molecule has 0 aliphatic rings. The Balaban J connectivity index is 2.63. The van der Waals surface area contributed by atoms with Crippen molar-refractivity contribution in [2.75, 3.05) is 20.3 Å². The number of nitrogens with one attached hydrogen (secondary N) is 1. The Bertz CT molecular complexity index is 310. The first-order valence-corrected chi connectivity index (χ1v) is 6.90. The minimum atomic E-state index is 0.536. The third-order valence-corrected chi connectivity index (χ3v) is 3.18. The molecule has 0 bridgehead atoms. The molecule has 0 aliphatic carbocycles. The maximum Gasteiger partial charge on any atom is 0.0488 e. The lowest BCUT2D eigenvalue weighted by Gasteiger charge is -2.23. The maximum absolute atomic E-state index is 5.25.